The molecule has 3 aromatic rings. The lowest BCUT2D eigenvalue weighted by atomic mass is 9.94. The average Bonchev–Trinajstić information content (AvgIpc) is 2.92. The van der Waals surface area contributed by atoms with Crippen molar-refractivity contribution in [3.8, 4) is 17.3 Å². The van der Waals surface area contributed by atoms with Gasteiger partial charge in [-0.15, -0.1) is 0 Å². The third kappa shape index (κ3) is 5.84. The Bertz CT molecular complexity index is 1380. The molecule has 3 atom stereocenters. The number of aromatic nitrogens is 3. The van der Waals surface area contributed by atoms with Gasteiger partial charge in [-0.1, -0.05) is 23.7 Å². The fourth-order valence-corrected chi connectivity index (χ4v) is 4.84. The lowest BCUT2D eigenvalue weighted by Crippen LogP contribution is -2.56. The summed E-state index contributed by atoms with van der Waals surface area (Å²) in [4.78, 5) is 27.8. The molecule has 2 aromatic heterocycles. The number of nitrogens with zero attached hydrogens (tertiary/aromatic N) is 4. The van der Waals surface area contributed by atoms with E-state index in [0.29, 0.717) is 30.9 Å². The number of rotatable bonds is 7. The van der Waals surface area contributed by atoms with E-state index in [2.05, 4.69) is 25.6 Å². The van der Waals surface area contributed by atoms with Gasteiger partial charge in [-0.25, -0.2) is 9.97 Å². The molecule has 4 heterocycles. The number of alkyl halides is 3. The van der Waals surface area contributed by atoms with Crippen molar-refractivity contribution >= 4 is 34.8 Å². The fourth-order valence-electron chi connectivity index (χ4n) is 4.58. The van der Waals surface area contributed by atoms with Crippen molar-refractivity contribution in [2.24, 2.45) is 0 Å². The lowest BCUT2D eigenvalue weighted by Gasteiger charge is -2.45. The van der Waals surface area contributed by atoms with Crippen molar-refractivity contribution in [1.82, 2.24) is 15.0 Å². The molecule has 206 valence electrons. The Morgan fingerprint density at radius 1 is 1.26 bits per heavy atom. The number of hydrogen-bond donors (Lipinski definition) is 4. The van der Waals surface area contributed by atoms with Gasteiger partial charge in [0.25, 0.3) is 0 Å². The highest BCUT2D eigenvalue weighted by Gasteiger charge is 2.39. The van der Waals surface area contributed by atoms with E-state index in [1.54, 1.807) is 6.07 Å². The Balaban J connectivity index is 1.37. The van der Waals surface area contributed by atoms with Crippen LogP contribution in [0.4, 0.5) is 30.5 Å². The van der Waals surface area contributed by atoms with Gasteiger partial charge in [0.15, 0.2) is 5.82 Å². The molecule has 1 fully saturated rings. The van der Waals surface area contributed by atoms with Crippen LogP contribution < -0.4 is 20.3 Å². The number of piperidine rings is 1. The number of ether oxygens (including phenoxy) is 1. The molecule has 4 N–H and O–H groups in total. The molecule has 10 nitrogen and oxygen atoms in total. The highest BCUT2D eigenvalue weighted by molar-refractivity contribution is 6.33. The van der Waals surface area contributed by atoms with Crippen molar-refractivity contribution in [1.29, 1.82) is 0 Å². The Kier molecular flexibility index (Phi) is 7.47. The van der Waals surface area contributed by atoms with Gasteiger partial charge in [0.05, 0.1) is 28.6 Å². The number of nitrogens with one attached hydrogen (secondary N) is 2. The summed E-state index contributed by atoms with van der Waals surface area (Å²) < 4.78 is 45.0. The van der Waals surface area contributed by atoms with Crippen LogP contribution >= 0.6 is 11.6 Å². The van der Waals surface area contributed by atoms with Crippen LogP contribution in [0, 0.1) is 0 Å². The second-order valence-corrected chi connectivity index (χ2v) is 9.62. The third-order valence-corrected chi connectivity index (χ3v) is 6.74. The van der Waals surface area contributed by atoms with Crippen LogP contribution in [0.5, 0.6) is 6.01 Å². The summed E-state index contributed by atoms with van der Waals surface area (Å²) in [5.41, 5.74) is 0.198. The quantitative estimate of drug-likeness (QED) is 0.341. The maximum Gasteiger partial charge on any atom is 0.416 e. The van der Waals surface area contributed by atoms with E-state index in [1.807, 2.05) is 4.90 Å². The molecule has 39 heavy (non-hydrogen) atoms. The number of carbonyl (C=O) groups is 1. The fraction of sp³-hybridized carbons (Fsp3) is 0.360. The number of aliphatic hydroxyl groups excluding tert-OH is 2. The molecule has 2 aliphatic rings. The molecule has 2 bridgehead atoms. The van der Waals surface area contributed by atoms with Gasteiger partial charge in [0.2, 0.25) is 5.91 Å². The predicted octanol–water partition coefficient (Wildman–Crippen LogP) is 3.34. The molecule has 1 saturated heterocycles. The van der Waals surface area contributed by atoms with Crippen molar-refractivity contribution in [3.05, 3.63) is 53.2 Å². The van der Waals surface area contributed by atoms with Gasteiger partial charge >= 0.3 is 12.2 Å². The second kappa shape index (κ2) is 10.8. The van der Waals surface area contributed by atoms with Crippen molar-refractivity contribution < 1.29 is 32.9 Å². The second-order valence-electron chi connectivity index (χ2n) is 9.21. The molecule has 5 rings (SSSR count). The van der Waals surface area contributed by atoms with Crippen molar-refractivity contribution in [3.63, 3.8) is 0 Å². The minimum absolute atomic E-state index is 0.0124. The Morgan fingerprint density at radius 2 is 2.08 bits per heavy atom. The number of amides is 1. The molecule has 1 amide bonds. The Labute approximate surface area is 225 Å². The van der Waals surface area contributed by atoms with Crippen molar-refractivity contribution in [2.75, 3.05) is 35.3 Å². The highest BCUT2D eigenvalue weighted by Crippen LogP contribution is 2.42. The van der Waals surface area contributed by atoms with Crippen LogP contribution in [0.25, 0.3) is 11.3 Å². The summed E-state index contributed by atoms with van der Waals surface area (Å²) in [6, 6.07) is 7.23. The van der Waals surface area contributed by atoms with Crippen LogP contribution in [0.15, 0.2) is 42.6 Å². The Hall–Kier alpha value is -3.68. The molecule has 14 heteroatoms. The number of halogens is 4. The topological polar surface area (TPSA) is 133 Å². The first kappa shape index (κ1) is 26.9. The summed E-state index contributed by atoms with van der Waals surface area (Å²) in [6.45, 7) is -0.194. The van der Waals surface area contributed by atoms with E-state index in [-0.39, 0.29) is 46.7 Å². The molecule has 0 radical (unpaired) electrons. The zero-order chi connectivity index (χ0) is 27.7. The van der Waals surface area contributed by atoms with Crippen LogP contribution in [0.2, 0.25) is 5.02 Å². The smallest absolute Gasteiger partial charge is 0.416 e. The lowest BCUT2D eigenvalue weighted by molar-refractivity contribution is -0.137. The van der Waals surface area contributed by atoms with E-state index in [0.717, 1.165) is 12.1 Å². The molecule has 2 aliphatic heterocycles. The number of fused-ring (bicyclic) bond motifs is 4. The summed E-state index contributed by atoms with van der Waals surface area (Å²) >= 11 is 6.51. The number of anilines is 3. The Morgan fingerprint density at radius 3 is 2.85 bits per heavy atom. The molecule has 0 spiro atoms. The molecular formula is C25H24ClF3N6O4. The summed E-state index contributed by atoms with van der Waals surface area (Å²) in [5, 5.41) is 24.6. The van der Waals surface area contributed by atoms with E-state index in [9.17, 15) is 23.1 Å². The zero-order valence-electron chi connectivity index (χ0n) is 20.3. The maximum absolute atomic E-state index is 13.3. The van der Waals surface area contributed by atoms with Gasteiger partial charge in [0, 0.05) is 24.3 Å². The largest absolute Gasteiger partial charge is 0.461 e. The normalized spacial score (nSPS) is 19.1. The van der Waals surface area contributed by atoms with Crippen molar-refractivity contribution in [2.45, 2.75) is 37.2 Å². The van der Waals surface area contributed by atoms with Gasteiger partial charge in [0.1, 0.15) is 24.6 Å². The first-order valence-electron chi connectivity index (χ1n) is 12.1. The van der Waals surface area contributed by atoms with Crippen LogP contribution in [0.1, 0.15) is 18.4 Å². The van der Waals surface area contributed by atoms with E-state index < -0.39 is 30.5 Å². The van der Waals surface area contributed by atoms with E-state index in [1.165, 1.54) is 24.4 Å². The number of hydrogen-bond acceptors (Lipinski definition) is 9. The minimum Gasteiger partial charge on any atom is -0.461 e. The third-order valence-electron chi connectivity index (χ3n) is 6.45. The van der Waals surface area contributed by atoms with E-state index in [4.69, 9.17) is 21.4 Å². The van der Waals surface area contributed by atoms with Gasteiger partial charge in [-0.05, 0) is 37.1 Å². The summed E-state index contributed by atoms with van der Waals surface area (Å²) in [7, 11) is 0. The standard InChI is InChI=1S/C25H24ClF3N6O4/c26-17-9-19-22(34-21(17)13-2-1-3-14(8-13)25(27,28)29)31-15-4-5-18(35(19)10-15)23(38)32-20-6-7-30-24(33-20)39-12-16(37)11-36/h1-3,6-9,15-16,18,36-37H,4-5,10-12H2,(H,31,34)(H,30,32,33,38)/t15-,16+,18?/m0/s1. The SMILES string of the molecule is O=C(Nc1ccnc(OC[C@H](O)CO)n1)C1CC[C@H]2CN1c1cc(Cl)c(-c3cccc(C(F)(F)F)c3)nc1N2. The highest BCUT2D eigenvalue weighted by atomic mass is 35.5. The molecule has 1 aromatic carbocycles. The van der Waals surface area contributed by atoms with Gasteiger partial charge in [-0.3, -0.25) is 4.79 Å². The molecular weight excluding hydrogens is 541 g/mol. The number of pyridine rings is 1. The number of aliphatic hydroxyl groups is 2. The number of carbonyl (C=O) groups excluding carboxylic acids is 1. The first-order chi connectivity index (χ1) is 18.6. The predicted molar refractivity (Wildman–Crippen MR) is 137 cm³/mol. The zero-order valence-corrected chi connectivity index (χ0v) is 21.1. The minimum atomic E-state index is -4.50. The average molecular weight is 565 g/mol. The molecule has 0 aliphatic carbocycles. The summed E-state index contributed by atoms with van der Waals surface area (Å²) in [6.07, 6.45) is -3.03. The number of benzene rings is 1. The summed E-state index contributed by atoms with van der Waals surface area (Å²) in [5.74, 6) is 0.289. The monoisotopic (exact) mass is 564 g/mol. The molecule has 0 saturated carbocycles. The van der Waals surface area contributed by atoms with Crippen LogP contribution in [-0.4, -0.2) is 69.0 Å². The maximum atomic E-state index is 13.3. The van der Waals surface area contributed by atoms with Gasteiger partial charge < -0.3 is 30.5 Å². The first-order valence-corrected chi connectivity index (χ1v) is 12.5. The molecule has 1 unspecified atom stereocenters. The van der Waals surface area contributed by atoms with E-state index >= 15 is 0 Å². The van der Waals surface area contributed by atoms with Gasteiger partial charge in [-0.2, -0.15) is 18.2 Å². The van der Waals surface area contributed by atoms with Crippen LogP contribution in [0.3, 0.4) is 0 Å². The van der Waals surface area contributed by atoms with Crippen LogP contribution in [-0.2, 0) is 11.0 Å².